The molecule has 27 heavy (non-hydrogen) atoms. The summed E-state index contributed by atoms with van der Waals surface area (Å²) in [4.78, 5) is 7.41. The van der Waals surface area contributed by atoms with E-state index >= 15 is 4.39 Å². The minimum atomic E-state index is -3.97. The van der Waals surface area contributed by atoms with Gasteiger partial charge in [-0.05, 0) is 26.3 Å². The summed E-state index contributed by atoms with van der Waals surface area (Å²) in [7, 11) is -3.97. The molecule has 0 aliphatic carbocycles. The van der Waals surface area contributed by atoms with Crippen LogP contribution in [-0.4, -0.2) is 23.1 Å². The van der Waals surface area contributed by atoms with Crippen molar-refractivity contribution in [3.05, 3.63) is 60.7 Å². The fraction of sp³-hybridized carbons (Fsp3) is 0.200. The van der Waals surface area contributed by atoms with Crippen LogP contribution in [0, 0.1) is 5.82 Å². The molecule has 1 heterocycles. The Kier molecular flexibility index (Phi) is 4.73. The highest BCUT2D eigenvalue weighted by Gasteiger charge is 2.36. The molecule has 0 aliphatic heterocycles. The second-order valence-electron chi connectivity index (χ2n) is 7.12. The third-order valence-corrected chi connectivity index (χ3v) is 6.79. The summed E-state index contributed by atoms with van der Waals surface area (Å²) in [5, 5.41) is 0. The monoisotopic (exact) mass is 385 g/mol. The van der Waals surface area contributed by atoms with E-state index in [0.29, 0.717) is 16.7 Å². The number of nitrogen functional groups attached to an aromatic ring is 1. The Balaban J connectivity index is 2.35. The second-order valence-corrected chi connectivity index (χ2v) is 9.76. The van der Waals surface area contributed by atoms with Gasteiger partial charge in [-0.25, -0.2) is 22.8 Å². The zero-order valence-electron chi connectivity index (χ0n) is 15.3. The van der Waals surface area contributed by atoms with Gasteiger partial charge in [-0.15, -0.1) is 0 Å². The zero-order valence-corrected chi connectivity index (χ0v) is 16.1. The molecule has 2 N–H and O–H groups in total. The Morgan fingerprint density at radius 3 is 2.00 bits per heavy atom. The predicted octanol–water partition coefficient (Wildman–Crippen LogP) is 4.10. The summed E-state index contributed by atoms with van der Waals surface area (Å²) in [6, 6.07) is 12.0. The number of aromatic nitrogens is 2. The Bertz CT molecular complexity index is 1070. The summed E-state index contributed by atoms with van der Waals surface area (Å²) >= 11 is 0. The minimum absolute atomic E-state index is 0.0580. The van der Waals surface area contributed by atoms with Crippen molar-refractivity contribution < 1.29 is 12.8 Å². The largest absolute Gasteiger partial charge is 0.368 e. The van der Waals surface area contributed by atoms with Gasteiger partial charge in [-0.2, -0.15) is 0 Å². The van der Waals surface area contributed by atoms with E-state index in [1.165, 1.54) is 18.5 Å². The van der Waals surface area contributed by atoms with Crippen LogP contribution in [0.3, 0.4) is 0 Å². The van der Waals surface area contributed by atoms with Gasteiger partial charge in [-0.1, -0.05) is 42.5 Å². The van der Waals surface area contributed by atoms with Crippen LogP contribution in [0.15, 0.2) is 59.8 Å². The van der Waals surface area contributed by atoms with E-state index < -0.39 is 20.4 Å². The Labute approximate surface area is 158 Å². The van der Waals surface area contributed by atoms with Crippen molar-refractivity contribution >= 4 is 15.8 Å². The van der Waals surface area contributed by atoms with Crippen molar-refractivity contribution in [3.8, 4) is 22.3 Å². The predicted molar refractivity (Wildman–Crippen MR) is 104 cm³/mol. The van der Waals surface area contributed by atoms with Crippen molar-refractivity contribution in [2.45, 2.75) is 30.4 Å². The van der Waals surface area contributed by atoms with Crippen molar-refractivity contribution in [1.29, 1.82) is 0 Å². The molecule has 0 unspecified atom stereocenters. The van der Waals surface area contributed by atoms with Crippen molar-refractivity contribution in [3.63, 3.8) is 0 Å². The first-order chi connectivity index (χ1) is 12.6. The molecule has 0 radical (unpaired) electrons. The molecule has 0 saturated carbocycles. The van der Waals surface area contributed by atoms with Gasteiger partial charge in [0.05, 0.1) is 4.75 Å². The van der Waals surface area contributed by atoms with Gasteiger partial charge in [-0.3, -0.25) is 0 Å². The SMILES string of the molecule is CC(C)(C)S(=O)(=O)c1c(-c2ccccc2)ccc(-c2cnc(N)nc2)c1F. The number of rotatable bonds is 3. The van der Waals surface area contributed by atoms with Gasteiger partial charge in [0.2, 0.25) is 5.95 Å². The first-order valence-electron chi connectivity index (χ1n) is 8.33. The third-order valence-electron chi connectivity index (χ3n) is 4.24. The fourth-order valence-corrected chi connectivity index (χ4v) is 4.10. The molecule has 140 valence electrons. The number of nitrogens with two attached hydrogens (primary N) is 1. The van der Waals surface area contributed by atoms with E-state index in [-0.39, 0.29) is 16.4 Å². The fourth-order valence-electron chi connectivity index (χ4n) is 2.67. The molecule has 3 aromatic rings. The summed E-state index contributed by atoms with van der Waals surface area (Å²) in [6.45, 7) is 4.65. The Hall–Kier alpha value is -2.80. The summed E-state index contributed by atoms with van der Waals surface area (Å²) < 4.78 is 40.8. The van der Waals surface area contributed by atoms with Gasteiger partial charge in [0, 0.05) is 29.1 Å². The molecule has 0 saturated heterocycles. The third kappa shape index (κ3) is 3.42. The Morgan fingerprint density at radius 2 is 1.44 bits per heavy atom. The van der Waals surface area contributed by atoms with Crippen LogP contribution in [0.25, 0.3) is 22.3 Å². The highest BCUT2D eigenvalue weighted by atomic mass is 32.2. The summed E-state index contributed by atoms with van der Waals surface area (Å²) in [5.41, 5.74) is 6.90. The van der Waals surface area contributed by atoms with Gasteiger partial charge in [0.15, 0.2) is 9.84 Å². The van der Waals surface area contributed by atoms with E-state index in [2.05, 4.69) is 9.97 Å². The van der Waals surface area contributed by atoms with E-state index in [4.69, 9.17) is 5.73 Å². The lowest BCUT2D eigenvalue weighted by atomic mass is 10.0. The van der Waals surface area contributed by atoms with Gasteiger partial charge < -0.3 is 5.73 Å². The van der Waals surface area contributed by atoms with Crippen LogP contribution in [0.5, 0.6) is 0 Å². The first-order valence-corrected chi connectivity index (χ1v) is 9.81. The molecule has 0 amide bonds. The average molecular weight is 385 g/mol. The van der Waals surface area contributed by atoms with Crippen LogP contribution in [0.1, 0.15) is 20.8 Å². The topological polar surface area (TPSA) is 85.9 Å². The summed E-state index contributed by atoms with van der Waals surface area (Å²) in [5.74, 6) is -0.762. The van der Waals surface area contributed by atoms with Crippen molar-refractivity contribution in [1.82, 2.24) is 9.97 Å². The van der Waals surface area contributed by atoms with Crippen LogP contribution in [0.4, 0.5) is 10.3 Å². The average Bonchev–Trinajstić information content (AvgIpc) is 2.62. The summed E-state index contributed by atoms with van der Waals surface area (Å²) in [6.07, 6.45) is 2.74. The van der Waals surface area contributed by atoms with E-state index in [1.807, 2.05) is 6.07 Å². The molecular weight excluding hydrogens is 365 g/mol. The maximum atomic E-state index is 15.6. The Morgan fingerprint density at radius 1 is 0.889 bits per heavy atom. The van der Waals surface area contributed by atoms with Crippen molar-refractivity contribution in [2.75, 3.05) is 5.73 Å². The highest BCUT2D eigenvalue weighted by Crippen LogP contribution is 2.39. The molecule has 0 aliphatic rings. The maximum Gasteiger partial charge on any atom is 0.219 e. The number of sulfone groups is 1. The molecule has 0 fully saturated rings. The number of benzene rings is 2. The van der Waals surface area contributed by atoms with Gasteiger partial charge >= 0.3 is 0 Å². The number of halogens is 1. The lowest BCUT2D eigenvalue weighted by Gasteiger charge is -2.23. The minimum Gasteiger partial charge on any atom is -0.368 e. The molecule has 0 atom stereocenters. The van der Waals surface area contributed by atoms with E-state index in [0.717, 1.165) is 0 Å². The number of nitrogens with zero attached hydrogens (tertiary/aromatic N) is 2. The number of anilines is 1. The van der Waals surface area contributed by atoms with Crippen LogP contribution < -0.4 is 5.73 Å². The lowest BCUT2D eigenvalue weighted by molar-refractivity contribution is 0.543. The van der Waals surface area contributed by atoms with Crippen LogP contribution in [-0.2, 0) is 9.84 Å². The number of hydrogen-bond donors (Lipinski definition) is 1. The quantitative estimate of drug-likeness (QED) is 0.733. The van der Waals surface area contributed by atoms with Gasteiger partial charge in [0.25, 0.3) is 0 Å². The molecule has 5 nitrogen and oxygen atoms in total. The molecule has 0 bridgehead atoms. The molecule has 0 spiro atoms. The van der Waals surface area contributed by atoms with Crippen LogP contribution in [0.2, 0.25) is 0 Å². The first kappa shape index (κ1) is 19.0. The van der Waals surface area contributed by atoms with E-state index in [9.17, 15) is 8.42 Å². The molecule has 2 aromatic carbocycles. The standard InChI is InChI=1S/C20H20FN3O2S/c1-20(2,3)27(25,26)18-16(13-7-5-4-6-8-13)10-9-15(17(18)21)14-11-23-19(22)24-12-14/h4-12H,1-3H3,(H2,22,23,24). The maximum absolute atomic E-state index is 15.6. The van der Waals surface area contributed by atoms with Crippen LogP contribution >= 0.6 is 0 Å². The lowest BCUT2D eigenvalue weighted by Crippen LogP contribution is -2.29. The normalized spacial score (nSPS) is 12.1. The molecule has 1 aromatic heterocycles. The van der Waals surface area contributed by atoms with E-state index in [1.54, 1.807) is 51.1 Å². The van der Waals surface area contributed by atoms with Crippen molar-refractivity contribution in [2.24, 2.45) is 0 Å². The van der Waals surface area contributed by atoms with Gasteiger partial charge in [0.1, 0.15) is 10.7 Å². The highest BCUT2D eigenvalue weighted by molar-refractivity contribution is 7.93. The molecule has 7 heteroatoms. The molecule has 3 rings (SSSR count). The molecular formula is C20H20FN3O2S. The number of hydrogen-bond acceptors (Lipinski definition) is 5. The smallest absolute Gasteiger partial charge is 0.219 e. The second kappa shape index (κ2) is 6.74. The zero-order chi connectivity index (χ0) is 19.8.